The molecule has 2 unspecified atom stereocenters. The van der Waals surface area contributed by atoms with Crippen molar-refractivity contribution >= 4 is 34.3 Å². The first-order chi connectivity index (χ1) is 9.41. The lowest BCUT2D eigenvalue weighted by Gasteiger charge is -2.09. The molecule has 0 radical (unpaired) electrons. The molecule has 1 aromatic heterocycles. The minimum absolute atomic E-state index is 0.0858. The van der Waals surface area contributed by atoms with E-state index in [2.05, 4.69) is 4.98 Å². The molecule has 1 aromatic rings. The first-order valence-electron chi connectivity index (χ1n) is 6.46. The van der Waals surface area contributed by atoms with Gasteiger partial charge < -0.3 is 5.11 Å². The third-order valence-electron chi connectivity index (χ3n) is 3.52. The molecule has 0 saturated carbocycles. The number of amides is 2. The number of rotatable bonds is 5. The maximum Gasteiger partial charge on any atom is 0.303 e. The molecule has 7 heteroatoms. The standard InChI is InChI=1S/C13H16N2O4S/c1-7-8(2)12(19)15(11(7)18)13-14-9(6-20-13)4-3-5-10(16)17/h6-8H,3-5H2,1-2H3,(H,16,17). The van der Waals surface area contributed by atoms with Crippen molar-refractivity contribution < 1.29 is 19.5 Å². The second-order valence-electron chi connectivity index (χ2n) is 4.96. The number of carboxylic acids is 1. The average Bonchev–Trinajstić information content (AvgIpc) is 2.91. The van der Waals surface area contributed by atoms with E-state index in [0.29, 0.717) is 18.0 Å². The zero-order valence-electron chi connectivity index (χ0n) is 11.3. The summed E-state index contributed by atoms with van der Waals surface area (Å²) in [7, 11) is 0. The number of aromatic nitrogens is 1. The van der Waals surface area contributed by atoms with Gasteiger partial charge in [0.25, 0.3) is 0 Å². The molecule has 1 aliphatic rings. The molecule has 108 valence electrons. The Morgan fingerprint density at radius 2 is 1.95 bits per heavy atom. The third kappa shape index (κ3) is 2.72. The van der Waals surface area contributed by atoms with Gasteiger partial charge in [0.1, 0.15) is 0 Å². The average molecular weight is 296 g/mol. The van der Waals surface area contributed by atoms with Gasteiger partial charge in [-0.3, -0.25) is 14.4 Å². The Bertz CT molecular complexity index is 534. The summed E-state index contributed by atoms with van der Waals surface area (Å²) in [5, 5.41) is 10.7. The number of carbonyl (C=O) groups is 3. The number of aliphatic carboxylic acids is 1. The number of hydrogen-bond donors (Lipinski definition) is 1. The van der Waals surface area contributed by atoms with Crippen LogP contribution >= 0.6 is 11.3 Å². The van der Waals surface area contributed by atoms with Crippen molar-refractivity contribution in [1.82, 2.24) is 4.98 Å². The van der Waals surface area contributed by atoms with Gasteiger partial charge in [-0.25, -0.2) is 9.88 Å². The molecular formula is C13H16N2O4S. The fourth-order valence-electron chi connectivity index (χ4n) is 2.07. The molecule has 20 heavy (non-hydrogen) atoms. The maximum atomic E-state index is 12.0. The summed E-state index contributed by atoms with van der Waals surface area (Å²) >= 11 is 1.24. The lowest BCUT2D eigenvalue weighted by Crippen LogP contribution is -2.30. The molecule has 0 aromatic carbocycles. The van der Waals surface area contributed by atoms with Crippen molar-refractivity contribution in [1.29, 1.82) is 0 Å². The van der Waals surface area contributed by atoms with Crippen LogP contribution in [0.5, 0.6) is 0 Å². The van der Waals surface area contributed by atoms with Crippen LogP contribution in [0, 0.1) is 11.8 Å². The number of aryl methyl sites for hydroxylation is 1. The minimum atomic E-state index is -0.840. The summed E-state index contributed by atoms with van der Waals surface area (Å²) in [5.74, 6) is -1.90. The van der Waals surface area contributed by atoms with Gasteiger partial charge >= 0.3 is 5.97 Å². The zero-order valence-corrected chi connectivity index (χ0v) is 12.1. The van der Waals surface area contributed by atoms with E-state index < -0.39 is 5.97 Å². The Morgan fingerprint density at radius 3 is 2.50 bits per heavy atom. The Balaban J connectivity index is 2.07. The largest absolute Gasteiger partial charge is 0.481 e. The number of anilines is 1. The van der Waals surface area contributed by atoms with Crippen molar-refractivity contribution in [2.24, 2.45) is 11.8 Å². The fraction of sp³-hybridized carbons (Fsp3) is 0.538. The lowest BCUT2D eigenvalue weighted by molar-refractivity contribution is -0.137. The predicted molar refractivity (Wildman–Crippen MR) is 73.5 cm³/mol. The molecule has 0 spiro atoms. The van der Waals surface area contributed by atoms with E-state index in [1.807, 2.05) is 0 Å². The first-order valence-corrected chi connectivity index (χ1v) is 7.33. The third-order valence-corrected chi connectivity index (χ3v) is 4.40. The number of hydrogen-bond acceptors (Lipinski definition) is 5. The van der Waals surface area contributed by atoms with Gasteiger partial charge in [0.15, 0.2) is 5.13 Å². The van der Waals surface area contributed by atoms with E-state index in [-0.39, 0.29) is 30.1 Å². The Hall–Kier alpha value is -1.76. The van der Waals surface area contributed by atoms with Crippen LogP contribution in [0.15, 0.2) is 5.38 Å². The first kappa shape index (κ1) is 14.6. The molecule has 2 amide bonds. The smallest absolute Gasteiger partial charge is 0.303 e. The second kappa shape index (κ2) is 5.70. The van der Waals surface area contributed by atoms with Gasteiger partial charge in [-0.05, 0) is 12.8 Å². The Kier molecular flexibility index (Phi) is 4.17. The van der Waals surface area contributed by atoms with Crippen molar-refractivity contribution in [2.45, 2.75) is 33.1 Å². The Morgan fingerprint density at radius 1 is 1.35 bits per heavy atom. The van der Waals surface area contributed by atoms with E-state index in [0.717, 1.165) is 10.6 Å². The number of carboxylic acid groups (broad SMARTS) is 1. The van der Waals surface area contributed by atoms with E-state index in [4.69, 9.17) is 5.11 Å². The summed E-state index contributed by atoms with van der Waals surface area (Å²) in [6.45, 7) is 3.48. The van der Waals surface area contributed by atoms with E-state index in [1.54, 1.807) is 19.2 Å². The van der Waals surface area contributed by atoms with Crippen molar-refractivity contribution in [3.63, 3.8) is 0 Å². The normalized spacial score (nSPS) is 22.6. The molecule has 6 nitrogen and oxygen atoms in total. The quantitative estimate of drug-likeness (QED) is 0.835. The molecule has 1 saturated heterocycles. The van der Waals surface area contributed by atoms with Gasteiger partial charge in [0.2, 0.25) is 11.8 Å². The predicted octanol–water partition coefficient (Wildman–Crippen LogP) is 1.70. The lowest BCUT2D eigenvalue weighted by atomic mass is 10.00. The highest BCUT2D eigenvalue weighted by Crippen LogP contribution is 2.32. The summed E-state index contributed by atoms with van der Waals surface area (Å²) in [4.78, 5) is 39.9. The van der Waals surface area contributed by atoms with Crippen LogP contribution in [-0.4, -0.2) is 27.9 Å². The molecule has 0 aliphatic carbocycles. The minimum Gasteiger partial charge on any atom is -0.481 e. The summed E-state index contributed by atoms with van der Waals surface area (Å²) < 4.78 is 0. The van der Waals surface area contributed by atoms with Crippen LogP contribution in [0.25, 0.3) is 0 Å². The van der Waals surface area contributed by atoms with Gasteiger partial charge in [-0.2, -0.15) is 0 Å². The van der Waals surface area contributed by atoms with Crippen LogP contribution in [-0.2, 0) is 20.8 Å². The summed E-state index contributed by atoms with van der Waals surface area (Å²) in [6, 6.07) is 0. The highest BCUT2D eigenvalue weighted by atomic mass is 32.1. The van der Waals surface area contributed by atoms with Crippen LogP contribution in [0.2, 0.25) is 0 Å². The van der Waals surface area contributed by atoms with Gasteiger partial charge in [0.05, 0.1) is 5.69 Å². The van der Waals surface area contributed by atoms with Crippen LogP contribution in [0.1, 0.15) is 32.4 Å². The monoisotopic (exact) mass is 296 g/mol. The molecule has 1 aliphatic heterocycles. The van der Waals surface area contributed by atoms with Crippen LogP contribution in [0.3, 0.4) is 0 Å². The van der Waals surface area contributed by atoms with E-state index in [9.17, 15) is 14.4 Å². The Labute approximate surface area is 120 Å². The molecule has 1 N–H and O–H groups in total. The summed E-state index contributed by atoms with van der Waals surface area (Å²) in [6.07, 6.45) is 1.11. The zero-order chi connectivity index (χ0) is 14.9. The number of nitrogens with zero attached hydrogens (tertiary/aromatic N) is 2. The van der Waals surface area contributed by atoms with Crippen LogP contribution in [0.4, 0.5) is 5.13 Å². The molecule has 1 fully saturated rings. The van der Waals surface area contributed by atoms with Gasteiger partial charge in [0, 0.05) is 23.6 Å². The van der Waals surface area contributed by atoms with Gasteiger partial charge in [-0.15, -0.1) is 11.3 Å². The highest BCUT2D eigenvalue weighted by Gasteiger charge is 2.44. The number of carbonyl (C=O) groups excluding carboxylic acids is 2. The second-order valence-corrected chi connectivity index (χ2v) is 5.79. The van der Waals surface area contributed by atoms with Crippen molar-refractivity contribution in [3.05, 3.63) is 11.1 Å². The molecule has 2 heterocycles. The SMILES string of the molecule is CC1C(=O)N(c2nc(CCCC(=O)O)cs2)C(=O)C1C. The summed E-state index contributed by atoms with van der Waals surface area (Å²) in [5.41, 5.74) is 0.721. The van der Waals surface area contributed by atoms with E-state index >= 15 is 0 Å². The molecule has 2 atom stereocenters. The maximum absolute atomic E-state index is 12.0. The molecule has 2 rings (SSSR count). The highest BCUT2D eigenvalue weighted by molar-refractivity contribution is 7.14. The molecule has 0 bridgehead atoms. The van der Waals surface area contributed by atoms with Crippen molar-refractivity contribution in [2.75, 3.05) is 4.90 Å². The topological polar surface area (TPSA) is 87.6 Å². The van der Waals surface area contributed by atoms with Gasteiger partial charge in [-0.1, -0.05) is 13.8 Å². The molecular weight excluding hydrogens is 280 g/mol. The fourth-order valence-corrected chi connectivity index (χ4v) is 2.93. The number of imide groups is 1. The van der Waals surface area contributed by atoms with Crippen molar-refractivity contribution in [3.8, 4) is 0 Å². The van der Waals surface area contributed by atoms with Crippen LogP contribution < -0.4 is 4.90 Å². The number of thiazole rings is 1. The van der Waals surface area contributed by atoms with E-state index in [1.165, 1.54) is 11.3 Å².